The Labute approximate surface area is 104 Å². The maximum Gasteiger partial charge on any atom is 0.123 e. The molecule has 0 bridgehead atoms. The fraction of sp³-hybridized carbons (Fsp3) is 0.600. The average molecular weight is 233 g/mol. The highest BCUT2D eigenvalue weighted by Gasteiger charge is 2.26. The van der Waals surface area contributed by atoms with Gasteiger partial charge in [-0.05, 0) is 37.9 Å². The third-order valence-corrected chi connectivity index (χ3v) is 3.97. The number of ether oxygens (including phenoxy) is 1. The van der Waals surface area contributed by atoms with Crippen LogP contribution < -0.4 is 10.1 Å². The van der Waals surface area contributed by atoms with E-state index in [1.165, 1.54) is 12.0 Å². The summed E-state index contributed by atoms with van der Waals surface area (Å²) in [7, 11) is 2.04. The van der Waals surface area contributed by atoms with Crippen molar-refractivity contribution in [3.63, 3.8) is 0 Å². The van der Waals surface area contributed by atoms with Gasteiger partial charge in [0.2, 0.25) is 0 Å². The molecule has 0 fully saturated rings. The van der Waals surface area contributed by atoms with Crippen molar-refractivity contribution >= 4 is 0 Å². The van der Waals surface area contributed by atoms with Gasteiger partial charge < -0.3 is 10.1 Å². The van der Waals surface area contributed by atoms with Gasteiger partial charge in [-0.25, -0.2) is 0 Å². The molecule has 2 heteroatoms. The van der Waals surface area contributed by atoms with Gasteiger partial charge in [-0.1, -0.05) is 31.5 Å². The summed E-state index contributed by atoms with van der Waals surface area (Å²) >= 11 is 0. The van der Waals surface area contributed by atoms with Gasteiger partial charge in [0.05, 0.1) is 0 Å². The molecule has 1 heterocycles. The van der Waals surface area contributed by atoms with Crippen LogP contribution in [0.15, 0.2) is 24.3 Å². The molecule has 1 aromatic rings. The molecule has 94 valence electrons. The summed E-state index contributed by atoms with van der Waals surface area (Å²) < 4.78 is 6.01. The number of nitrogens with one attached hydrogen (secondary N) is 1. The Balaban J connectivity index is 1.94. The molecule has 1 aromatic carbocycles. The van der Waals surface area contributed by atoms with Gasteiger partial charge in [-0.3, -0.25) is 0 Å². The van der Waals surface area contributed by atoms with Crippen molar-refractivity contribution in [3.05, 3.63) is 29.8 Å². The molecule has 2 nitrogen and oxygen atoms in total. The summed E-state index contributed by atoms with van der Waals surface area (Å²) in [6.45, 7) is 4.52. The van der Waals surface area contributed by atoms with Crippen molar-refractivity contribution in [3.8, 4) is 5.75 Å². The van der Waals surface area contributed by atoms with E-state index in [0.717, 1.165) is 18.6 Å². The van der Waals surface area contributed by atoms with Crippen LogP contribution in [0.4, 0.5) is 0 Å². The molecule has 0 amide bonds. The average Bonchev–Trinajstić information content (AvgIpc) is 2.77. The molecule has 1 N–H and O–H groups in total. The molecular formula is C15H23NO. The second-order valence-electron chi connectivity index (χ2n) is 5.03. The van der Waals surface area contributed by atoms with Crippen molar-refractivity contribution in [2.45, 2.75) is 45.3 Å². The maximum absolute atomic E-state index is 6.01. The smallest absolute Gasteiger partial charge is 0.123 e. The number of fused-ring (bicyclic) bond motifs is 1. The van der Waals surface area contributed by atoms with Crippen LogP contribution in [0.5, 0.6) is 5.75 Å². The van der Waals surface area contributed by atoms with Gasteiger partial charge in [0.15, 0.2) is 0 Å². The molecule has 0 radical (unpaired) electrons. The predicted molar refractivity (Wildman–Crippen MR) is 71.5 cm³/mol. The topological polar surface area (TPSA) is 21.3 Å². The molecule has 1 aliphatic heterocycles. The van der Waals surface area contributed by atoms with Crippen LogP contribution >= 0.6 is 0 Å². The summed E-state index contributed by atoms with van der Waals surface area (Å²) in [5.41, 5.74) is 1.37. The summed E-state index contributed by atoms with van der Waals surface area (Å²) in [5, 5.41) is 3.36. The number of hydrogen-bond donors (Lipinski definition) is 1. The quantitative estimate of drug-likeness (QED) is 0.844. The number of rotatable bonds is 5. The molecule has 2 rings (SSSR count). The van der Waals surface area contributed by atoms with Crippen LogP contribution in [-0.4, -0.2) is 19.2 Å². The SMILES string of the molecule is CCC(CC1Cc2ccccc2O1)C(C)NC. The Morgan fingerprint density at radius 1 is 1.41 bits per heavy atom. The Kier molecular flexibility index (Phi) is 4.06. The van der Waals surface area contributed by atoms with Crippen molar-refractivity contribution in [1.29, 1.82) is 0 Å². The lowest BCUT2D eigenvalue weighted by atomic mass is 9.90. The second-order valence-corrected chi connectivity index (χ2v) is 5.03. The highest BCUT2D eigenvalue weighted by molar-refractivity contribution is 5.37. The maximum atomic E-state index is 6.01. The van der Waals surface area contributed by atoms with Crippen LogP contribution in [0.3, 0.4) is 0 Å². The molecule has 3 unspecified atom stereocenters. The van der Waals surface area contributed by atoms with E-state index in [0.29, 0.717) is 18.1 Å². The molecule has 0 spiro atoms. The molecule has 0 saturated carbocycles. The van der Waals surface area contributed by atoms with Gasteiger partial charge in [0.25, 0.3) is 0 Å². The number of para-hydroxylation sites is 1. The lowest BCUT2D eigenvalue weighted by molar-refractivity contribution is 0.177. The minimum absolute atomic E-state index is 0.369. The minimum atomic E-state index is 0.369. The summed E-state index contributed by atoms with van der Waals surface area (Å²) in [6.07, 6.45) is 3.79. The number of hydrogen-bond acceptors (Lipinski definition) is 2. The van der Waals surface area contributed by atoms with Crippen molar-refractivity contribution in [1.82, 2.24) is 5.32 Å². The van der Waals surface area contributed by atoms with Crippen molar-refractivity contribution < 1.29 is 4.74 Å². The Morgan fingerprint density at radius 3 is 2.82 bits per heavy atom. The van der Waals surface area contributed by atoms with E-state index in [-0.39, 0.29) is 0 Å². The van der Waals surface area contributed by atoms with E-state index < -0.39 is 0 Å². The minimum Gasteiger partial charge on any atom is -0.490 e. The molecule has 0 saturated heterocycles. The van der Waals surface area contributed by atoms with Crippen LogP contribution in [0.1, 0.15) is 32.3 Å². The second kappa shape index (κ2) is 5.54. The first kappa shape index (κ1) is 12.4. The third-order valence-electron chi connectivity index (χ3n) is 3.97. The molecule has 0 aromatic heterocycles. The van der Waals surface area contributed by atoms with Gasteiger partial charge in [0, 0.05) is 12.5 Å². The lowest BCUT2D eigenvalue weighted by Crippen LogP contribution is -2.33. The van der Waals surface area contributed by atoms with Crippen LogP contribution in [-0.2, 0) is 6.42 Å². The fourth-order valence-corrected chi connectivity index (χ4v) is 2.68. The first-order chi connectivity index (χ1) is 8.24. The molecule has 1 aliphatic rings. The lowest BCUT2D eigenvalue weighted by Gasteiger charge is -2.24. The summed E-state index contributed by atoms with van der Waals surface area (Å²) in [6, 6.07) is 8.97. The van der Waals surface area contributed by atoms with E-state index in [1.807, 2.05) is 7.05 Å². The van der Waals surface area contributed by atoms with Gasteiger partial charge in [-0.15, -0.1) is 0 Å². The number of benzene rings is 1. The largest absolute Gasteiger partial charge is 0.490 e. The molecule has 0 aliphatic carbocycles. The van der Waals surface area contributed by atoms with Gasteiger partial charge in [-0.2, -0.15) is 0 Å². The van der Waals surface area contributed by atoms with Crippen LogP contribution in [0.2, 0.25) is 0 Å². The van der Waals surface area contributed by atoms with E-state index >= 15 is 0 Å². The van der Waals surface area contributed by atoms with E-state index in [9.17, 15) is 0 Å². The Hall–Kier alpha value is -1.02. The highest BCUT2D eigenvalue weighted by atomic mass is 16.5. The molecule has 17 heavy (non-hydrogen) atoms. The van der Waals surface area contributed by atoms with E-state index in [4.69, 9.17) is 4.74 Å². The summed E-state index contributed by atoms with van der Waals surface area (Å²) in [5.74, 6) is 1.78. The van der Waals surface area contributed by atoms with Crippen molar-refractivity contribution in [2.75, 3.05) is 7.05 Å². The molecular weight excluding hydrogens is 210 g/mol. The molecule has 3 atom stereocenters. The first-order valence-corrected chi connectivity index (χ1v) is 6.66. The normalized spacial score (nSPS) is 21.7. The predicted octanol–water partition coefficient (Wildman–Crippen LogP) is 3.01. The van der Waals surface area contributed by atoms with Crippen molar-refractivity contribution in [2.24, 2.45) is 5.92 Å². The zero-order valence-electron chi connectivity index (χ0n) is 11.1. The Bertz CT molecular complexity index is 339. The Morgan fingerprint density at radius 2 is 2.18 bits per heavy atom. The zero-order valence-corrected chi connectivity index (χ0v) is 11.1. The first-order valence-electron chi connectivity index (χ1n) is 6.66. The van der Waals surface area contributed by atoms with Gasteiger partial charge >= 0.3 is 0 Å². The van der Waals surface area contributed by atoms with Gasteiger partial charge in [0.1, 0.15) is 11.9 Å². The van der Waals surface area contributed by atoms with E-state index in [1.54, 1.807) is 0 Å². The fourth-order valence-electron chi connectivity index (χ4n) is 2.68. The zero-order chi connectivity index (χ0) is 12.3. The van der Waals surface area contributed by atoms with Crippen LogP contribution in [0.25, 0.3) is 0 Å². The third kappa shape index (κ3) is 2.81. The highest BCUT2D eigenvalue weighted by Crippen LogP contribution is 2.31. The van der Waals surface area contributed by atoms with Crippen LogP contribution in [0, 0.1) is 5.92 Å². The monoisotopic (exact) mass is 233 g/mol. The summed E-state index contributed by atoms with van der Waals surface area (Å²) in [4.78, 5) is 0. The van der Waals surface area contributed by atoms with E-state index in [2.05, 4.69) is 43.4 Å². The standard InChI is InChI=1S/C15H23NO/c1-4-12(11(2)16-3)9-14-10-13-7-5-6-8-15(13)17-14/h5-8,11-12,14,16H,4,9-10H2,1-3H3.